The van der Waals surface area contributed by atoms with Gasteiger partial charge in [0.25, 0.3) is 0 Å². The molecule has 0 aliphatic rings. The standard InChI is InChI=1S/C4H11NOS/c1-4(3-7)5(2)6/h4-5,7H,3H2,1-2H3. The van der Waals surface area contributed by atoms with Gasteiger partial charge >= 0.3 is 0 Å². The summed E-state index contributed by atoms with van der Waals surface area (Å²) in [6.07, 6.45) is 0. The molecule has 0 radical (unpaired) electrons. The molecule has 0 rings (SSSR count). The van der Waals surface area contributed by atoms with Crippen LogP contribution in [0, 0.1) is 5.21 Å². The van der Waals surface area contributed by atoms with Crippen molar-refractivity contribution in [1.82, 2.24) is 0 Å². The zero-order chi connectivity index (χ0) is 5.86. The minimum atomic E-state index is 0.128. The first-order chi connectivity index (χ1) is 3.18. The maximum Gasteiger partial charge on any atom is 0.0930 e. The molecule has 2 nitrogen and oxygen atoms in total. The molecule has 0 aromatic carbocycles. The molecular weight excluding hydrogens is 110 g/mol. The molecule has 1 N–H and O–H groups in total. The fourth-order valence-electron chi connectivity index (χ4n) is 0.129. The van der Waals surface area contributed by atoms with Gasteiger partial charge in [-0.25, -0.2) is 0 Å². The number of quaternary nitrogens is 1. The summed E-state index contributed by atoms with van der Waals surface area (Å²) in [5.74, 6) is 0.662. The summed E-state index contributed by atoms with van der Waals surface area (Å²) in [4.78, 5) is 0. The molecule has 0 aliphatic carbocycles. The lowest BCUT2D eigenvalue weighted by molar-refractivity contribution is -0.848. The van der Waals surface area contributed by atoms with E-state index in [0.717, 1.165) is 0 Å². The van der Waals surface area contributed by atoms with Crippen molar-refractivity contribution in [3.05, 3.63) is 5.21 Å². The summed E-state index contributed by atoms with van der Waals surface area (Å²) in [6.45, 7) is 1.87. The number of rotatable bonds is 2. The SMILES string of the molecule is CC(CS)[NH+](C)[O-]. The molecule has 0 saturated carbocycles. The van der Waals surface area contributed by atoms with E-state index in [-0.39, 0.29) is 11.1 Å². The summed E-state index contributed by atoms with van der Waals surface area (Å²) in [7, 11) is 1.58. The third-order valence-corrected chi connectivity index (χ3v) is 1.52. The van der Waals surface area contributed by atoms with Gasteiger partial charge in [-0.05, 0) is 6.92 Å². The highest BCUT2D eigenvalue weighted by atomic mass is 32.1. The Morgan fingerprint density at radius 1 is 1.86 bits per heavy atom. The van der Waals surface area contributed by atoms with Crippen molar-refractivity contribution in [2.24, 2.45) is 0 Å². The largest absolute Gasteiger partial charge is 0.634 e. The fourth-order valence-corrected chi connectivity index (χ4v) is 0.386. The second kappa shape index (κ2) is 3.29. The molecule has 0 aliphatic heterocycles. The summed E-state index contributed by atoms with van der Waals surface area (Å²) in [6, 6.07) is 0.128. The maximum absolute atomic E-state index is 10.3. The fraction of sp³-hybridized carbons (Fsp3) is 1.00. The van der Waals surface area contributed by atoms with Crippen molar-refractivity contribution in [3.63, 3.8) is 0 Å². The Kier molecular flexibility index (Phi) is 3.42. The van der Waals surface area contributed by atoms with E-state index in [4.69, 9.17) is 0 Å². The number of hydrogen-bond acceptors (Lipinski definition) is 2. The van der Waals surface area contributed by atoms with Crippen molar-refractivity contribution in [2.45, 2.75) is 13.0 Å². The van der Waals surface area contributed by atoms with E-state index in [1.165, 1.54) is 0 Å². The van der Waals surface area contributed by atoms with E-state index in [1.54, 1.807) is 7.05 Å². The van der Waals surface area contributed by atoms with Crippen LogP contribution < -0.4 is 5.06 Å². The van der Waals surface area contributed by atoms with Crippen LogP contribution in [0.4, 0.5) is 0 Å². The van der Waals surface area contributed by atoms with Gasteiger partial charge in [-0.15, -0.1) is 0 Å². The monoisotopic (exact) mass is 121 g/mol. The summed E-state index contributed by atoms with van der Waals surface area (Å²) in [5.41, 5.74) is 0. The number of nitrogens with one attached hydrogen (secondary N) is 1. The Morgan fingerprint density at radius 3 is 2.29 bits per heavy atom. The molecule has 0 bridgehead atoms. The van der Waals surface area contributed by atoms with Gasteiger partial charge in [0.1, 0.15) is 0 Å². The zero-order valence-corrected chi connectivity index (χ0v) is 5.53. The number of thiol groups is 1. The van der Waals surface area contributed by atoms with Crippen LogP contribution in [0.25, 0.3) is 0 Å². The van der Waals surface area contributed by atoms with Crippen LogP contribution >= 0.6 is 12.6 Å². The molecule has 0 aromatic rings. The minimum Gasteiger partial charge on any atom is -0.634 e. The summed E-state index contributed by atoms with van der Waals surface area (Å²) < 4.78 is 0. The van der Waals surface area contributed by atoms with Crippen molar-refractivity contribution in [3.8, 4) is 0 Å². The van der Waals surface area contributed by atoms with E-state index in [1.807, 2.05) is 6.92 Å². The molecule has 2 unspecified atom stereocenters. The summed E-state index contributed by atoms with van der Waals surface area (Å²) in [5, 5.41) is 10.5. The topological polar surface area (TPSA) is 27.5 Å². The highest BCUT2D eigenvalue weighted by Gasteiger charge is 1.98. The molecule has 0 spiro atoms. The van der Waals surface area contributed by atoms with Crippen LogP contribution in [0.3, 0.4) is 0 Å². The molecule has 0 heterocycles. The lowest BCUT2D eigenvalue weighted by Crippen LogP contribution is -3.08. The lowest BCUT2D eigenvalue weighted by Gasteiger charge is -2.22. The molecule has 0 amide bonds. The number of hydroxylamine groups is 2. The third-order valence-electron chi connectivity index (χ3n) is 0.968. The Hall–Kier alpha value is 0.270. The van der Waals surface area contributed by atoms with Crippen molar-refractivity contribution < 1.29 is 5.06 Å². The Morgan fingerprint density at radius 2 is 2.29 bits per heavy atom. The molecule has 7 heavy (non-hydrogen) atoms. The van der Waals surface area contributed by atoms with E-state index >= 15 is 0 Å². The predicted molar refractivity (Wildman–Crippen MR) is 33.6 cm³/mol. The first kappa shape index (κ1) is 7.27. The summed E-state index contributed by atoms with van der Waals surface area (Å²) >= 11 is 3.93. The van der Waals surface area contributed by atoms with Crippen LogP contribution in [-0.4, -0.2) is 18.8 Å². The van der Waals surface area contributed by atoms with Crippen molar-refractivity contribution >= 4 is 12.6 Å². The van der Waals surface area contributed by atoms with Crippen molar-refractivity contribution in [2.75, 3.05) is 12.8 Å². The van der Waals surface area contributed by atoms with E-state index in [0.29, 0.717) is 5.75 Å². The second-order valence-corrected chi connectivity index (χ2v) is 2.06. The molecule has 2 atom stereocenters. The highest BCUT2D eigenvalue weighted by molar-refractivity contribution is 7.80. The smallest absolute Gasteiger partial charge is 0.0930 e. The van der Waals surface area contributed by atoms with Crippen LogP contribution in [0.2, 0.25) is 0 Å². The predicted octanol–water partition coefficient (Wildman–Crippen LogP) is -0.683. The van der Waals surface area contributed by atoms with Crippen molar-refractivity contribution in [1.29, 1.82) is 0 Å². The van der Waals surface area contributed by atoms with Crippen LogP contribution in [0.1, 0.15) is 6.92 Å². The molecule has 44 valence electrons. The van der Waals surface area contributed by atoms with Gasteiger partial charge in [0, 0.05) is 5.75 Å². The molecule has 0 fully saturated rings. The third kappa shape index (κ3) is 2.91. The average Bonchev–Trinajstić information content (AvgIpc) is 1.65. The maximum atomic E-state index is 10.3. The van der Waals surface area contributed by atoms with E-state index in [9.17, 15) is 5.21 Å². The van der Waals surface area contributed by atoms with E-state index in [2.05, 4.69) is 12.6 Å². The Bertz CT molecular complexity index is 49.0. The van der Waals surface area contributed by atoms with Gasteiger partial charge < -0.3 is 10.3 Å². The zero-order valence-electron chi connectivity index (χ0n) is 4.64. The Labute approximate surface area is 49.5 Å². The first-order valence-electron chi connectivity index (χ1n) is 2.29. The van der Waals surface area contributed by atoms with Gasteiger partial charge in [-0.1, -0.05) is 0 Å². The normalized spacial score (nSPS) is 18.9. The molecule has 0 aromatic heterocycles. The first-order valence-corrected chi connectivity index (χ1v) is 2.93. The molecule has 0 saturated heterocycles. The minimum absolute atomic E-state index is 0.128. The quantitative estimate of drug-likeness (QED) is 0.367. The van der Waals surface area contributed by atoms with Crippen LogP contribution in [0.5, 0.6) is 0 Å². The second-order valence-electron chi connectivity index (χ2n) is 1.69. The van der Waals surface area contributed by atoms with Crippen LogP contribution in [0.15, 0.2) is 0 Å². The van der Waals surface area contributed by atoms with Gasteiger partial charge in [0.05, 0.1) is 13.1 Å². The van der Waals surface area contributed by atoms with Crippen LogP contribution in [-0.2, 0) is 0 Å². The average molecular weight is 121 g/mol. The van der Waals surface area contributed by atoms with Gasteiger partial charge in [0.2, 0.25) is 0 Å². The Balaban J connectivity index is 3.14. The highest BCUT2D eigenvalue weighted by Crippen LogP contribution is 1.75. The van der Waals surface area contributed by atoms with Gasteiger partial charge in [-0.2, -0.15) is 12.6 Å². The van der Waals surface area contributed by atoms with E-state index < -0.39 is 0 Å². The lowest BCUT2D eigenvalue weighted by atomic mass is 10.4. The molecular formula is C4H11NOS. The van der Waals surface area contributed by atoms with Gasteiger partial charge in [0.15, 0.2) is 0 Å². The molecule has 3 heteroatoms. The van der Waals surface area contributed by atoms with Gasteiger partial charge in [-0.3, -0.25) is 0 Å². The number of hydrogen-bond donors (Lipinski definition) is 2.